The maximum Gasteiger partial charge on any atom is 0.253 e. The van der Waals surface area contributed by atoms with Crippen molar-refractivity contribution in [2.75, 3.05) is 45.8 Å². The van der Waals surface area contributed by atoms with Gasteiger partial charge in [-0.2, -0.15) is 0 Å². The van der Waals surface area contributed by atoms with Crippen molar-refractivity contribution in [2.45, 2.75) is 46.6 Å². The third kappa shape index (κ3) is 6.29. The van der Waals surface area contributed by atoms with Crippen molar-refractivity contribution in [3.63, 3.8) is 0 Å². The highest BCUT2D eigenvalue weighted by atomic mass is 16.2. The number of nitrogens with one attached hydrogen (secondary N) is 1. The summed E-state index contributed by atoms with van der Waals surface area (Å²) in [5.41, 5.74) is 2.86. The molecule has 3 rings (SSSR count). The number of aryl methyl sites for hydroxylation is 2. The van der Waals surface area contributed by atoms with Gasteiger partial charge in [-0.25, -0.2) is 0 Å². The number of rotatable bonds is 5. The van der Waals surface area contributed by atoms with E-state index in [2.05, 4.69) is 16.3 Å². The number of carbonyl (C=O) groups is 3. The molecule has 31 heavy (non-hydrogen) atoms. The SMILES string of the molecule is Cc1cc(C)cc(C(=O)N2CCCC(C(=O)N3CCN(CC(=O)NC(C)C)CC3)C2)c1. The van der Waals surface area contributed by atoms with E-state index < -0.39 is 0 Å². The minimum Gasteiger partial charge on any atom is -0.353 e. The van der Waals surface area contributed by atoms with Gasteiger partial charge in [-0.1, -0.05) is 17.2 Å². The summed E-state index contributed by atoms with van der Waals surface area (Å²) in [6.45, 7) is 12.1. The summed E-state index contributed by atoms with van der Waals surface area (Å²) in [6.07, 6.45) is 1.68. The molecule has 1 aromatic carbocycles. The molecule has 2 fully saturated rings. The lowest BCUT2D eigenvalue weighted by molar-refractivity contribution is -0.138. The molecular formula is C24H36N4O3. The van der Waals surface area contributed by atoms with Crippen LogP contribution < -0.4 is 5.32 Å². The highest BCUT2D eigenvalue weighted by Crippen LogP contribution is 2.22. The number of benzene rings is 1. The Morgan fingerprint density at radius 3 is 2.23 bits per heavy atom. The molecular weight excluding hydrogens is 392 g/mol. The van der Waals surface area contributed by atoms with Gasteiger partial charge in [0.25, 0.3) is 5.91 Å². The van der Waals surface area contributed by atoms with Crippen LogP contribution in [0.4, 0.5) is 0 Å². The first-order chi connectivity index (χ1) is 14.7. The number of likely N-dealkylation sites (tertiary alicyclic amines) is 1. The van der Waals surface area contributed by atoms with Gasteiger partial charge in [0.05, 0.1) is 12.5 Å². The van der Waals surface area contributed by atoms with Crippen LogP contribution in [0.5, 0.6) is 0 Å². The molecule has 1 unspecified atom stereocenters. The van der Waals surface area contributed by atoms with Crippen LogP contribution in [0.15, 0.2) is 18.2 Å². The summed E-state index contributed by atoms with van der Waals surface area (Å²) in [4.78, 5) is 44.0. The molecule has 3 amide bonds. The van der Waals surface area contributed by atoms with Crippen molar-refractivity contribution in [3.8, 4) is 0 Å². The van der Waals surface area contributed by atoms with Gasteiger partial charge in [0.2, 0.25) is 11.8 Å². The van der Waals surface area contributed by atoms with Crippen molar-refractivity contribution in [1.82, 2.24) is 20.0 Å². The fourth-order valence-corrected chi connectivity index (χ4v) is 4.60. The van der Waals surface area contributed by atoms with Crippen molar-refractivity contribution in [1.29, 1.82) is 0 Å². The first kappa shape index (κ1) is 23.3. The van der Waals surface area contributed by atoms with Crippen molar-refractivity contribution >= 4 is 17.7 Å². The third-order valence-corrected chi connectivity index (χ3v) is 6.03. The standard InChI is InChI=1S/C24H36N4O3/c1-17(2)25-22(29)16-26-8-10-27(11-9-26)23(30)20-6-5-7-28(15-20)24(31)21-13-18(3)12-19(4)14-21/h12-14,17,20H,5-11,15-16H2,1-4H3,(H,25,29). The molecule has 0 bridgehead atoms. The quantitative estimate of drug-likeness (QED) is 0.777. The molecule has 0 spiro atoms. The highest BCUT2D eigenvalue weighted by Gasteiger charge is 2.33. The Bertz CT molecular complexity index is 795. The van der Waals surface area contributed by atoms with E-state index in [1.807, 2.05) is 49.6 Å². The zero-order valence-electron chi connectivity index (χ0n) is 19.3. The molecule has 2 saturated heterocycles. The monoisotopic (exact) mass is 428 g/mol. The average Bonchev–Trinajstić information content (AvgIpc) is 2.72. The fourth-order valence-electron chi connectivity index (χ4n) is 4.60. The number of nitrogens with zero attached hydrogens (tertiary/aromatic N) is 3. The Morgan fingerprint density at radius 2 is 1.61 bits per heavy atom. The summed E-state index contributed by atoms with van der Waals surface area (Å²) in [6, 6.07) is 6.05. The van der Waals surface area contributed by atoms with Gasteiger partial charge in [-0.15, -0.1) is 0 Å². The Hall–Kier alpha value is -2.41. The molecule has 0 radical (unpaired) electrons. The van der Waals surface area contributed by atoms with E-state index in [1.165, 1.54) is 0 Å². The largest absolute Gasteiger partial charge is 0.353 e. The van der Waals surface area contributed by atoms with Crippen LogP contribution >= 0.6 is 0 Å². The summed E-state index contributed by atoms with van der Waals surface area (Å²) in [7, 11) is 0. The maximum absolute atomic E-state index is 13.1. The van der Waals surface area contributed by atoms with Crippen molar-refractivity contribution < 1.29 is 14.4 Å². The van der Waals surface area contributed by atoms with E-state index >= 15 is 0 Å². The zero-order chi connectivity index (χ0) is 22.5. The van der Waals surface area contributed by atoms with Crippen LogP contribution in [0.25, 0.3) is 0 Å². The van der Waals surface area contributed by atoms with E-state index in [1.54, 1.807) is 0 Å². The van der Waals surface area contributed by atoms with Crippen LogP contribution in [0.3, 0.4) is 0 Å². The predicted molar refractivity (Wildman–Crippen MR) is 121 cm³/mol. The van der Waals surface area contributed by atoms with Gasteiger partial charge in [0, 0.05) is 50.9 Å². The molecule has 1 atom stereocenters. The maximum atomic E-state index is 13.1. The Balaban J connectivity index is 1.53. The van der Waals surface area contributed by atoms with Crippen molar-refractivity contribution in [2.24, 2.45) is 5.92 Å². The summed E-state index contributed by atoms with van der Waals surface area (Å²) < 4.78 is 0. The minimum atomic E-state index is -0.139. The Labute approximate surface area is 185 Å². The lowest BCUT2D eigenvalue weighted by Gasteiger charge is -2.39. The first-order valence-electron chi connectivity index (χ1n) is 11.4. The molecule has 170 valence electrons. The van der Waals surface area contributed by atoms with Gasteiger partial charge >= 0.3 is 0 Å². The first-order valence-corrected chi connectivity index (χ1v) is 11.4. The second-order valence-corrected chi connectivity index (χ2v) is 9.29. The second kappa shape index (κ2) is 10.3. The normalized spacial score (nSPS) is 20.1. The Morgan fingerprint density at radius 1 is 0.968 bits per heavy atom. The molecule has 2 heterocycles. The molecule has 7 nitrogen and oxygen atoms in total. The number of piperidine rings is 1. The molecule has 2 aliphatic heterocycles. The van der Waals surface area contributed by atoms with E-state index in [0.717, 1.165) is 24.0 Å². The van der Waals surface area contributed by atoms with Gasteiger partial charge in [-0.05, 0) is 52.7 Å². The average molecular weight is 429 g/mol. The van der Waals surface area contributed by atoms with Gasteiger partial charge in [-0.3, -0.25) is 19.3 Å². The van der Waals surface area contributed by atoms with Crippen LogP contribution in [0.1, 0.15) is 48.2 Å². The van der Waals surface area contributed by atoms with Gasteiger partial charge in [0.1, 0.15) is 0 Å². The lowest BCUT2D eigenvalue weighted by Crippen LogP contribution is -2.54. The highest BCUT2D eigenvalue weighted by molar-refractivity contribution is 5.95. The number of carbonyl (C=O) groups excluding carboxylic acids is 3. The molecule has 0 saturated carbocycles. The van der Waals surface area contributed by atoms with E-state index in [9.17, 15) is 14.4 Å². The number of hydrogen-bond acceptors (Lipinski definition) is 4. The van der Waals surface area contributed by atoms with Crippen LogP contribution in [0, 0.1) is 19.8 Å². The molecule has 2 aliphatic rings. The molecule has 0 aliphatic carbocycles. The topological polar surface area (TPSA) is 73.0 Å². The molecule has 0 aromatic heterocycles. The third-order valence-electron chi connectivity index (χ3n) is 6.03. The molecule has 1 N–H and O–H groups in total. The lowest BCUT2D eigenvalue weighted by atomic mass is 9.95. The summed E-state index contributed by atoms with van der Waals surface area (Å²) in [5.74, 6) is 0.0523. The van der Waals surface area contributed by atoms with Gasteiger partial charge < -0.3 is 15.1 Å². The van der Waals surface area contributed by atoms with Crippen LogP contribution in [-0.2, 0) is 9.59 Å². The van der Waals surface area contributed by atoms with Crippen LogP contribution in [-0.4, -0.2) is 84.3 Å². The number of piperazine rings is 1. The van der Waals surface area contributed by atoms with Gasteiger partial charge in [0.15, 0.2) is 0 Å². The minimum absolute atomic E-state index is 0.0188. The predicted octanol–water partition coefficient (Wildman–Crippen LogP) is 1.82. The van der Waals surface area contributed by atoms with Crippen LogP contribution in [0.2, 0.25) is 0 Å². The zero-order valence-corrected chi connectivity index (χ0v) is 19.3. The fraction of sp³-hybridized carbons (Fsp3) is 0.625. The van der Waals surface area contributed by atoms with Crippen molar-refractivity contribution in [3.05, 3.63) is 34.9 Å². The van der Waals surface area contributed by atoms with E-state index in [0.29, 0.717) is 51.4 Å². The smallest absolute Gasteiger partial charge is 0.253 e. The molecule has 1 aromatic rings. The molecule has 7 heteroatoms. The summed E-state index contributed by atoms with van der Waals surface area (Å²) in [5, 5.41) is 2.91. The Kier molecular flexibility index (Phi) is 7.70. The second-order valence-electron chi connectivity index (χ2n) is 9.29. The number of amides is 3. The van der Waals surface area contributed by atoms with E-state index in [-0.39, 0.29) is 29.7 Å². The van der Waals surface area contributed by atoms with E-state index in [4.69, 9.17) is 0 Å². The summed E-state index contributed by atoms with van der Waals surface area (Å²) >= 11 is 0. The number of hydrogen-bond donors (Lipinski definition) is 1.